The van der Waals surface area contributed by atoms with Crippen molar-refractivity contribution in [2.45, 2.75) is 45.5 Å². The molecule has 0 fully saturated rings. The number of ether oxygens (including phenoxy) is 1. The molecule has 3 rings (SSSR count). The Morgan fingerprint density at radius 2 is 1.96 bits per heavy atom. The van der Waals surface area contributed by atoms with E-state index in [0.29, 0.717) is 23.4 Å². The largest absolute Gasteiger partial charge is 0.433 e. The summed E-state index contributed by atoms with van der Waals surface area (Å²) in [4.78, 5) is 4.26. The van der Waals surface area contributed by atoms with Crippen molar-refractivity contribution in [3.63, 3.8) is 0 Å². The molecule has 0 saturated heterocycles. The summed E-state index contributed by atoms with van der Waals surface area (Å²) in [5.41, 5.74) is 2.26. The van der Waals surface area contributed by atoms with Crippen LogP contribution in [0.4, 0.5) is 13.2 Å². The lowest BCUT2D eigenvalue weighted by Gasteiger charge is -2.17. The predicted octanol–water partition coefficient (Wildman–Crippen LogP) is 5.80. The number of benzene rings is 1. The van der Waals surface area contributed by atoms with Crippen molar-refractivity contribution in [1.82, 2.24) is 14.8 Å². The van der Waals surface area contributed by atoms with E-state index in [9.17, 15) is 13.2 Å². The molecule has 0 aliphatic carbocycles. The van der Waals surface area contributed by atoms with Gasteiger partial charge < -0.3 is 4.74 Å². The molecule has 0 radical (unpaired) electrons. The Morgan fingerprint density at radius 1 is 1.22 bits per heavy atom. The molecule has 0 aliphatic rings. The monoisotopic (exact) mass is 413 g/mol. The molecule has 0 N–H and O–H groups in total. The van der Waals surface area contributed by atoms with Crippen LogP contribution < -0.4 is 0 Å². The zero-order chi connectivity index (χ0) is 19.8. The Labute approximate surface area is 161 Å². The number of halogens is 3. The standard InChI is InChI=1S/C18H22F3N3OSSi/c1-12-15(13-6-5-7-14-16(13)22-10-26-14)17(18(19,20)21)24(23-12)11-25-8-9-27(2,3)4/h5-7,10H,8-9,11H2,1-4H3. The van der Waals surface area contributed by atoms with Gasteiger partial charge in [0.25, 0.3) is 0 Å². The van der Waals surface area contributed by atoms with Crippen LogP contribution in [-0.2, 0) is 17.6 Å². The summed E-state index contributed by atoms with van der Waals surface area (Å²) in [6.07, 6.45) is -4.54. The van der Waals surface area contributed by atoms with E-state index >= 15 is 0 Å². The van der Waals surface area contributed by atoms with Crippen LogP contribution in [0.25, 0.3) is 21.3 Å². The lowest BCUT2D eigenvalue weighted by Crippen LogP contribution is -2.23. The molecule has 0 unspecified atom stereocenters. The molecule has 2 aromatic heterocycles. The van der Waals surface area contributed by atoms with Crippen LogP contribution in [-0.4, -0.2) is 29.4 Å². The van der Waals surface area contributed by atoms with E-state index in [0.717, 1.165) is 15.4 Å². The van der Waals surface area contributed by atoms with Gasteiger partial charge in [-0.1, -0.05) is 31.8 Å². The van der Waals surface area contributed by atoms with Crippen LogP contribution in [0.1, 0.15) is 11.4 Å². The second-order valence-corrected chi connectivity index (χ2v) is 14.2. The van der Waals surface area contributed by atoms with Gasteiger partial charge in [-0.05, 0) is 19.0 Å². The van der Waals surface area contributed by atoms with Gasteiger partial charge in [-0.25, -0.2) is 9.67 Å². The number of hydrogen-bond donors (Lipinski definition) is 0. The molecule has 146 valence electrons. The van der Waals surface area contributed by atoms with Gasteiger partial charge in [0.05, 0.1) is 21.4 Å². The first-order chi connectivity index (χ1) is 12.6. The van der Waals surface area contributed by atoms with E-state index in [1.165, 1.54) is 11.3 Å². The summed E-state index contributed by atoms with van der Waals surface area (Å²) < 4.78 is 49.0. The Kier molecular flexibility index (Phi) is 5.46. The van der Waals surface area contributed by atoms with Crippen molar-refractivity contribution in [3.8, 4) is 11.1 Å². The van der Waals surface area contributed by atoms with Gasteiger partial charge >= 0.3 is 6.18 Å². The molecule has 9 heteroatoms. The molecule has 4 nitrogen and oxygen atoms in total. The minimum absolute atomic E-state index is 0.0767. The fourth-order valence-corrected chi connectivity index (χ4v) is 4.36. The number of fused-ring (bicyclic) bond motifs is 1. The van der Waals surface area contributed by atoms with E-state index in [1.54, 1.807) is 24.6 Å². The molecule has 27 heavy (non-hydrogen) atoms. The number of alkyl halides is 3. The minimum atomic E-state index is -4.54. The van der Waals surface area contributed by atoms with Gasteiger partial charge in [-0.15, -0.1) is 11.3 Å². The van der Waals surface area contributed by atoms with Crippen LogP contribution in [0.2, 0.25) is 25.7 Å². The maximum Gasteiger partial charge on any atom is 0.433 e. The summed E-state index contributed by atoms with van der Waals surface area (Å²) in [5.74, 6) is 0. The third kappa shape index (κ3) is 4.41. The quantitative estimate of drug-likeness (QED) is 0.379. The molecular formula is C18H22F3N3OSSi. The van der Waals surface area contributed by atoms with Crippen molar-refractivity contribution in [1.29, 1.82) is 0 Å². The van der Waals surface area contributed by atoms with Crippen molar-refractivity contribution in [2.24, 2.45) is 0 Å². The average Bonchev–Trinajstić information content (AvgIpc) is 3.14. The number of rotatable bonds is 6. The van der Waals surface area contributed by atoms with Crippen molar-refractivity contribution in [3.05, 3.63) is 35.1 Å². The van der Waals surface area contributed by atoms with Gasteiger partial charge in [-0.2, -0.15) is 18.3 Å². The number of aryl methyl sites for hydroxylation is 1. The summed E-state index contributed by atoms with van der Waals surface area (Å²) in [7, 11) is -1.31. The third-order valence-electron chi connectivity index (χ3n) is 4.24. The number of thiazole rings is 1. The van der Waals surface area contributed by atoms with Crippen molar-refractivity contribution >= 4 is 29.6 Å². The summed E-state index contributed by atoms with van der Waals surface area (Å²) >= 11 is 1.40. The number of nitrogens with zero attached hydrogens (tertiary/aromatic N) is 3. The second kappa shape index (κ2) is 7.37. The number of hydrogen-bond acceptors (Lipinski definition) is 4. The van der Waals surface area contributed by atoms with Gasteiger partial charge in [0, 0.05) is 25.8 Å². The normalized spacial score (nSPS) is 12.9. The Morgan fingerprint density at radius 3 is 2.63 bits per heavy atom. The number of aromatic nitrogens is 3. The minimum Gasteiger partial charge on any atom is -0.360 e. The Bertz CT molecular complexity index is 944. The zero-order valence-electron chi connectivity index (χ0n) is 15.7. The van der Waals surface area contributed by atoms with E-state index in [4.69, 9.17) is 4.74 Å². The Hall–Kier alpha value is -1.71. The van der Waals surface area contributed by atoms with E-state index in [-0.39, 0.29) is 12.3 Å². The molecule has 0 spiro atoms. The van der Waals surface area contributed by atoms with Gasteiger partial charge in [-0.3, -0.25) is 0 Å². The third-order valence-corrected chi connectivity index (χ3v) is 6.73. The first kappa shape index (κ1) is 20.0. The fraction of sp³-hybridized carbons (Fsp3) is 0.444. The van der Waals surface area contributed by atoms with Crippen LogP contribution in [0.15, 0.2) is 23.7 Å². The van der Waals surface area contributed by atoms with Gasteiger partial charge in [0.1, 0.15) is 6.73 Å². The highest BCUT2D eigenvalue weighted by atomic mass is 32.1. The zero-order valence-corrected chi connectivity index (χ0v) is 17.5. The summed E-state index contributed by atoms with van der Waals surface area (Å²) in [6.45, 7) is 8.40. The SMILES string of the molecule is Cc1nn(COCC[Si](C)(C)C)c(C(F)(F)F)c1-c1cccc2scnc12. The molecule has 0 saturated carbocycles. The smallest absolute Gasteiger partial charge is 0.360 e. The first-order valence-corrected chi connectivity index (χ1v) is 13.2. The maximum absolute atomic E-state index is 13.9. The average molecular weight is 414 g/mol. The van der Waals surface area contributed by atoms with E-state index < -0.39 is 19.9 Å². The molecular weight excluding hydrogens is 391 g/mol. The van der Waals surface area contributed by atoms with Crippen molar-refractivity contribution < 1.29 is 17.9 Å². The first-order valence-electron chi connectivity index (χ1n) is 8.63. The Balaban J connectivity index is 2.00. The highest BCUT2D eigenvalue weighted by Crippen LogP contribution is 2.41. The molecule has 2 heterocycles. The molecule has 0 aliphatic heterocycles. The molecule has 0 amide bonds. The maximum atomic E-state index is 13.9. The van der Waals surface area contributed by atoms with Crippen molar-refractivity contribution in [2.75, 3.05) is 6.61 Å². The van der Waals surface area contributed by atoms with Crippen LogP contribution in [0.3, 0.4) is 0 Å². The lowest BCUT2D eigenvalue weighted by atomic mass is 10.0. The molecule has 3 aromatic rings. The molecule has 0 atom stereocenters. The number of para-hydroxylation sites is 1. The lowest BCUT2D eigenvalue weighted by molar-refractivity contribution is -0.146. The van der Waals surface area contributed by atoms with Crippen LogP contribution in [0, 0.1) is 6.92 Å². The second-order valence-electron chi connectivity index (χ2n) is 7.66. The topological polar surface area (TPSA) is 39.9 Å². The van der Waals surface area contributed by atoms with Gasteiger partial charge in [0.15, 0.2) is 5.69 Å². The predicted molar refractivity (Wildman–Crippen MR) is 105 cm³/mol. The summed E-state index contributed by atoms with van der Waals surface area (Å²) in [6, 6.07) is 6.15. The van der Waals surface area contributed by atoms with E-state index in [2.05, 4.69) is 29.7 Å². The van der Waals surface area contributed by atoms with Crippen LogP contribution in [0.5, 0.6) is 0 Å². The molecule has 1 aromatic carbocycles. The highest BCUT2D eigenvalue weighted by molar-refractivity contribution is 7.16. The summed E-state index contributed by atoms with van der Waals surface area (Å²) in [5, 5.41) is 4.14. The van der Waals surface area contributed by atoms with E-state index in [1.807, 2.05) is 6.07 Å². The molecule has 0 bridgehead atoms. The van der Waals surface area contributed by atoms with Crippen LogP contribution >= 0.6 is 11.3 Å². The van der Waals surface area contributed by atoms with Gasteiger partial charge in [0.2, 0.25) is 0 Å². The highest BCUT2D eigenvalue weighted by Gasteiger charge is 2.40. The fourth-order valence-electron chi connectivity index (χ4n) is 2.90.